The fraction of sp³-hybridized carbons (Fsp3) is 0.846. The molecule has 0 saturated heterocycles. The number of hydrogen-bond donors (Lipinski definition) is 1. The van der Waals surface area contributed by atoms with Crippen molar-refractivity contribution in [2.24, 2.45) is 5.41 Å². The highest BCUT2D eigenvalue weighted by atomic mass is 16.5. The van der Waals surface area contributed by atoms with Crippen LogP contribution in [0.4, 0.5) is 0 Å². The summed E-state index contributed by atoms with van der Waals surface area (Å²) in [6, 6.07) is 0. The number of hydrogen-bond acceptors (Lipinski definition) is 3. The monoisotopic (exact) mass is 229 g/mol. The summed E-state index contributed by atoms with van der Waals surface area (Å²) in [4.78, 5) is 0. The van der Waals surface area contributed by atoms with E-state index in [2.05, 4.69) is 25.7 Å². The zero-order chi connectivity index (χ0) is 12.3. The third-order valence-corrected chi connectivity index (χ3v) is 2.73. The maximum Gasteiger partial charge on any atom is 0.0487 e. The molecule has 0 bridgehead atoms. The molecule has 96 valence electrons. The molecule has 0 radical (unpaired) electrons. The first kappa shape index (κ1) is 15.6. The molecule has 0 aromatic rings. The van der Waals surface area contributed by atoms with Crippen molar-refractivity contribution in [1.82, 2.24) is 5.32 Å². The predicted molar refractivity (Wildman–Crippen MR) is 68.8 cm³/mol. The van der Waals surface area contributed by atoms with Gasteiger partial charge in [-0.1, -0.05) is 19.9 Å². The molecule has 1 atom stereocenters. The highest BCUT2D eigenvalue weighted by Gasteiger charge is 2.18. The minimum atomic E-state index is 0.136. The molecule has 0 aliphatic heterocycles. The van der Waals surface area contributed by atoms with Crippen LogP contribution < -0.4 is 5.32 Å². The third-order valence-electron chi connectivity index (χ3n) is 2.73. The highest BCUT2D eigenvalue weighted by molar-refractivity contribution is 4.92. The van der Waals surface area contributed by atoms with Crippen molar-refractivity contribution in [2.45, 2.75) is 26.7 Å². The second-order valence-corrected chi connectivity index (χ2v) is 4.35. The Morgan fingerprint density at radius 2 is 2.06 bits per heavy atom. The second-order valence-electron chi connectivity index (χ2n) is 4.35. The van der Waals surface area contributed by atoms with Gasteiger partial charge in [0, 0.05) is 33.5 Å². The molecule has 0 rings (SSSR count). The van der Waals surface area contributed by atoms with Gasteiger partial charge in [0.15, 0.2) is 0 Å². The molecule has 0 aliphatic rings. The summed E-state index contributed by atoms with van der Waals surface area (Å²) in [6.45, 7) is 12.5. The topological polar surface area (TPSA) is 30.5 Å². The molecular weight excluding hydrogens is 202 g/mol. The summed E-state index contributed by atoms with van der Waals surface area (Å²) in [5.74, 6) is 0. The van der Waals surface area contributed by atoms with Gasteiger partial charge in [0.25, 0.3) is 0 Å². The molecule has 0 aromatic heterocycles. The zero-order valence-electron chi connectivity index (χ0n) is 11.1. The van der Waals surface area contributed by atoms with Crippen LogP contribution in [0.15, 0.2) is 12.7 Å². The molecule has 0 fully saturated rings. The maximum atomic E-state index is 5.56. The Hall–Kier alpha value is -0.380. The van der Waals surface area contributed by atoms with E-state index in [9.17, 15) is 0 Å². The van der Waals surface area contributed by atoms with Crippen molar-refractivity contribution >= 4 is 0 Å². The molecule has 3 heteroatoms. The van der Waals surface area contributed by atoms with Gasteiger partial charge in [-0.05, 0) is 24.8 Å². The van der Waals surface area contributed by atoms with E-state index in [1.807, 2.05) is 6.08 Å². The Morgan fingerprint density at radius 1 is 1.31 bits per heavy atom. The summed E-state index contributed by atoms with van der Waals surface area (Å²) in [6.07, 6.45) is 4.00. The fourth-order valence-electron chi connectivity index (χ4n) is 1.39. The van der Waals surface area contributed by atoms with Gasteiger partial charge in [-0.2, -0.15) is 0 Å². The number of ether oxygens (including phenoxy) is 2. The minimum absolute atomic E-state index is 0.136. The summed E-state index contributed by atoms with van der Waals surface area (Å²) in [5, 5.41) is 3.35. The minimum Gasteiger partial charge on any atom is -0.385 e. The van der Waals surface area contributed by atoms with Crippen LogP contribution in [-0.4, -0.2) is 40.0 Å². The Balaban J connectivity index is 3.57. The molecule has 0 heterocycles. The van der Waals surface area contributed by atoms with Crippen LogP contribution >= 0.6 is 0 Å². The SMILES string of the molecule is C=CC(C)(CCOCCCOC)CNCC. The molecule has 0 spiro atoms. The molecule has 0 aliphatic carbocycles. The molecule has 0 amide bonds. The van der Waals surface area contributed by atoms with Crippen LogP contribution in [-0.2, 0) is 9.47 Å². The zero-order valence-corrected chi connectivity index (χ0v) is 11.1. The molecule has 1 unspecified atom stereocenters. The molecule has 16 heavy (non-hydrogen) atoms. The lowest BCUT2D eigenvalue weighted by Gasteiger charge is -2.25. The summed E-state index contributed by atoms with van der Waals surface area (Å²) in [7, 11) is 1.71. The maximum absolute atomic E-state index is 5.56. The molecule has 0 aromatic carbocycles. The highest BCUT2D eigenvalue weighted by Crippen LogP contribution is 2.21. The standard InChI is InChI=1S/C13H27NO2/c1-5-13(3,12-14-6-2)8-11-16-10-7-9-15-4/h5,14H,1,6-12H2,2-4H3. The van der Waals surface area contributed by atoms with Gasteiger partial charge in [0.2, 0.25) is 0 Å². The molecule has 1 N–H and O–H groups in total. The second kappa shape index (κ2) is 9.82. The largest absolute Gasteiger partial charge is 0.385 e. The van der Waals surface area contributed by atoms with Crippen LogP contribution in [0.5, 0.6) is 0 Å². The van der Waals surface area contributed by atoms with Crippen molar-refractivity contribution in [1.29, 1.82) is 0 Å². The van der Waals surface area contributed by atoms with E-state index in [1.165, 1.54) is 0 Å². The van der Waals surface area contributed by atoms with Gasteiger partial charge < -0.3 is 14.8 Å². The smallest absolute Gasteiger partial charge is 0.0487 e. The molecule has 0 saturated carbocycles. The van der Waals surface area contributed by atoms with E-state index in [0.717, 1.165) is 45.8 Å². The first-order chi connectivity index (χ1) is 7.68. The van der Waals surface area contributed by atoms with E-state index in [-0.39, 0.29) is 5.41 Å². The van der Waals surface area contributed by atoms with E-state index >= 15 is 0 Å². The van der Waals surface area contributed by atoms with Crippen LogP contribution in [0.2, 0.25) is 0 Å². The van der Waals surface area contributed by atoms with Gasteiger partial charge in [0.05, 0.1) is 0 Å². The first-order valence-corrected chi connectivity index (χ1v) is 6.09. The van der Waals surface area contributed by atoms with Crippen LogP contribution in [0.1, 0.15) is 26.7 Å². The first-order valence-electron chi connectivity index (χ1n) is 6.09. The van der Waals surface area contributed by atoms with Gasteiger partial charge in [0.1, 0.15) is 0 Å². The van der Waals surface area contributed by atoms with Crippen LogP contribution in [0.25, 0.3) is 0 Å². The Morgan fingerprint density at radius 3 is 2.62 bits per heavy atom. The van der Waals surface area contributed by atoms with Crippen LogP contribution in [0.3, 0.4) is 0 Å². The average molecular weight is 229 g/mol. The van der Waals surface area contributed by atoms with Crippen molar-refractivity contribution in [3.63, 3.8) is 0 Å². The van der Waals surface area contributed by atoms with Crippen molar-refractivity contribution < 1.29 is 9.47 Å². The summed E-state index contributed by atoms with van der Waals surface area (Å²) in [5.41, 5.74) is 0.136. The van der Waals surface area contributed by atoms with E-state index in [4.69, 9.17) is 9.47 Å². The van der Waals surface area contributed by atoms with E-state index < -0.39 is 0 Å². The number of nitrogens with one attached hydrogen (secondary N) is 1. The summed E-state index contributed by atoms with van der Waals surface area (Å²) >= 11 is 0. The Kier molecular flexibility index (Phi) is 9.59. The van der Waals surface area contributed by atoms with Gasteiger partial charge >= 0.3 is 0 Å². The van der Waals surface area contributed by atoms with Crippen LogP contribution in [0, 0.1) is 5.41 Å². The Labute approximate surface area is 100 Å². The normalized spacial score (nSPS) is 14.7. The number of rotatable bonds is 11. The number of methoxy groups -OCH3 is 1. The lowest BCUT2D eigenvalue weighted by atomic mass is 9.87. The van der Waals surface area contributed by atoms with E-state index in [0.29, 0.717) is 0 Å². The van der Waals surface area contributed by atoms with Crippen molar-refractivity contribution in [2.75, 3.05) is 40.0 Å². The molecular formula is C13H27NO2. The van der Waals surface area contributed by atoms with Gasteiger partial charge in [-0.15, -0.1) is 6.58 Å². The van der Waals surface area contributed by atoms with Gasteiger partial charge in [-0.25, -0.2) is 0 Å². The quantitative estimate of drug-likeness (QED) is 0.435. The summed E-state index contributed by atoms with van der Waals surface area (Å²) < 4.78 is 10.5. The van der Waals surface area contributed by atoms with E-state index in [1.54, 1.807) is 7.11 Å². The fourth-order valence-corrected chi connectivity index (χ4v) is 1.39. The van der Waals surface area contributed by atoms with Crippen molar-refractivity contribution in [3.8, 4) is 0 Å². The average Bonchev–Trinajstić information content (AvgIpc) is 2.31. The lowest BCUT2D eigenvalue weighted by Crippen LogP contribution is -2.31. The lowest BCUT2D eigenvalue weighted by molar-refractivity contribution is 0.0874. The third kappa shape index (κ3) is 7.85. The Bertz CT molecular complexity index is 173. The molecule has 3 nitrogen and oxygen atoms in total. The van der Waals surface area contributed by atoms with Gasteiger partial charge in [-0.3, -0.25) is 0 Å². The predicted octanol–water partition coefficient (Wildman–Crippen LogP) is 2.23. The van der Waals surface area contributed by atoms with Crippen molar-refractivity contribution in [3.05, 3.63) is 12.7 Å².